The molecule has 0 aliphatic heterocycles. The summed E-state index contributed by atoms with van der Waals surface area (Å²) in [5.74, 6) is -1.23. The Morgan fingerprint density at radius 2 is 2.31 bits per heavy atom. The molecule has 1 aliphatic rings. The number of aromatic nitrogens is 1. The molecule has 2 heterocycles. The largest absolute Gasteiger partial charge is 0.453 e. The van der Waals surface area contributed by atoms with Crippen molar-refractivity contribution in [2.75, 3.05) is 6.61 Å². The minimum absolute atomic E-state index is 0.407. The molecule has 1 aliphatic carbocycles. The first-order valence-corrected chi connectivity index (χ1v) is 10.3. The van der Waals surface area contributed by atoms with Crippen molar-refractivity contribution in [2.24, 2.45) is 5.92 Å². The van der Waals surface area contributed by atoms with Crippen LogP contribution in [-0.4, -0.2) is 23.3 Å². The van der Waals surface area contributed by atoms with Gasteiger partial charge in [-0.2, -0.15) is 5.26 Å². The summed E-state index contributed by atoms with van der Waals surface area (Å²) in [5.41, 5.74) is 2.00. The smallest absolute Gasteiger partial charge is 0.348 e. The second-order valence-electron chi connectivity index (χ2n) is 6.51. The Morgan fingerprint density at radius 3 is 2.96 bits per heavy atom. The number of carbonyl (C=O) groups is 2. The van der Waals surface area contributed by atoms with Gasteiger partial charge >= 0.3 is 5.97 Å². The van der Waals surface area contributed by atoms with Gasteiger partial charge in [0.25, 0.3) is 0 Å². The van der Waals surface area contributed by atoms with Crippen LogP contribution >= 0.6 is 22.7 Å². The van der Waals surface area contributed by atoms with E-state index < -0.39 is 24.3 Å². The number of aryl methyl sites for hydroxylation is 2. The van der Waals surface area contributed by atoms with Gasteiger partial charge in [0.1, 0.15) is 9.88 Å². The van der Waals surface area contributed by atoms with E-state index in [-0.39, 0.29) is 0 Å². The molecule has 0 spiro atoms. The van der Waals surface area contributed by atoms with Crippen molar-refractivity contribution in [2.45, 2.75) is 45.4 Å². The summed E-state index contributed by atoms with van der Waals surface area (Å²) < 4.78 is 5.18. The maximum Gasteiger partial charge on any atom is 0.348 e. The van der Waals surface area contributed by atoms with E-state index in [4.69, 9.17) is 4.74 Å². The highest BCUT2D eigenvalue weighted by Crippen LogP contribution is 2.33. The van der Waals surface area contributed by atoms with E-state index in [2.05, 4.69) is 11.9 Å². The average molecular weight is 389 g/mol. The zero-order valence-corrected chi connectivity index (χ0v) is 16.4. The van der Waals surface area contributed by atoms with E-state index in [1.165, 1.54) is 33.1 Å². The SMILES string of the molecule is CC[C@@H]1CCc2sc(C(=O)OCC(=O)[C@H](C#N)c3nc(C)cs3)cc2C1. The predicted octanol–water partition coefficient (Wildman–Crippen LogP) is 4.06. The highest BCUT2D eigenvalue weighted by molar-refractivity contribution is 7.14. The lowest BCUT2D eigenvalue weighted by atomic mass is 9.87. The molecule has 2 aromatic heterocycles. The van der Waals surface area contributed by atoms with Crippen molar-refractivity contribution in [3.8, 4) is 6.07 Å². The molecule has 0 amide bonds. The monoisotopic (exact) mass is 388 g/mol. The summed E-state index contributed by atoms with van der Waals surface area (Å²) in [4.78, 5) is 30.6. The Kier molecular flexibility index (Phi) is 5.84. The zero-order chi connectivity index (χ0) is 18.7. The number of ketones is 1. The van der Waals surface area contributed by atoms with E-state index in [1.54, 1.807) is 12.3 Å². The summed E-state index contributed by atoms with van der Waals surface area (Å²) in [7, 11) is 0. The Labute approximate surface area is 160 Å². The molecule has 5 nitrogen and oxygen atoms in total. The van der Waals surface area contributed by atoms with Gasteiger partial charge in [0.05, 0.1) is 6.07 Å². The molecule has 0 saturated carbocycles. The fraction of sp³-hybridized carbons (Fsp3) is 0.474. The van der Waals surface area contributed by atoms with Crippen LogP contribution in [0, 0.1) is 24.2 Å². The minimum Gasteiger partial charge on any atom is -0.453 e. The molecule has 0 saturated heterocycles. The number of ether oxygens (including phenoxy) is 1. The van der Waals surface area contributed by atoms with Crippen molar-refractivity contribution in [1.29, 1.82) is 5.26 Å². The first kappa shape index (κ1) is 18.7. The van der Waals surface area contributed by atoms with Gasteiger partial charge in [0.15, 0.2) is 18.3 Å². The zero-order valence-electron chi connectivity index (χ0n) is 14.8. The van der Waals surface area contributed by atoms with E-state index >= 15 is 0 Å². The van der Waals surface area contributed by atoms with E-state index in [9.17, 15) is 14.9 Å². The molecule has 0 fully saturated rings. The molecule has 2 aromatic rings. The summed E-state index contributed by atoms with van der Waals surface area (Å²) in [6, 6.07) is 3.86. The number of thiophene rings is 1. The summed E-state index contributed by atoms with van der Waals surface area (Å²) in [6.45, 7) is 3.59. The standard InChI is InChI=1S/C19H20N2O3S2/c1-3-12-4-5-16-13(6-12)7-17(26-16)19(23)24-9-15(22)14(8-20)18-21-11(2)10-25-18/h7,10,12,14H,3-6,9H2,1-2H3/t12-,14+/m1/s1. The topological polar surface area (TPSA) is 80.0 Å². The van der Waals surface area contributed by atoms with E-state index in [0.717, 1.165) is 31.4 Å². The van der Waals surface area contributed by atoms with Gasteiger partial charge in [-0.15, -0.1) is 22.7 Å². The third-order valence-corrected chi connectivity index (χ3v) is 6.89. The third-order valence-electron chi connectivity index (χ3n) is 4.64. The normalized spacial score (nSPS) is 17.2. The van der Waals surface area contributed by atoms with Gasteiger partial charge in [-0.25, -0.2) is 9.78 Å². The van der Waals surface area contributed by atoms with Gasteiger partial charge in [-0.1, -0.05) is 13.3 Å². The number of esters is 1. The molecule has 26 heavy (non-hydrogen) atoms. The number of nitriles is 1. The highest BCUT2D eigenvalue weighted by atomic mass is 32.1. The molecule has 0 N–H and O–H groups in total. The first-order chi connectivity index (χ1) is 12.5. The van der Waals surface area contributed by atoms with Crippen LogP contribution in [0.2, 0.25) is 0 Å². The lowest BCUT2D eigenvalue weighted by Gasteiger charge is -2.19. The molecule has 0 radical (unpaired) electrons. The molecule has 0 unspecified atom stereocenters. The van der Waals surface area contributed by atoms with Crippen LogP contribution in [0.5, 0.6) is 0 Å². The van der Waals surface area contributed by atoms with Crippen molar-refractivity contribution < 1.29 is 14.3 Å². The Balaban J connectivity index is 1.61. The first-order valence-electron chi connectivity index (χ1n) is 8.64. The molecular formula is C19H20N2O3S2. The maximum absolute atomic E-state index is 12.3. The summed E-state index contributed by atoms with van der Waals surface area (Å²) in [5, 5.41) is 11.5. The number of rotatable bonds is 6. The summed E-state index contributed by atoms with van der Waals surface area (Å²) in [6.07, 6.45) is 4.32. The van der Waals surface area contributed by atoms with Gasteiger partial charge in [-0.05, 0) is 43.7 Å². The van der Waals surface area contributed by atoms with Crippen LogP contribution in [-0.2, 0) is 22.4 Å². The van der Waals surface area contributed by atoms with Gasteiger partial charge < -0.3 is 4.74 Å². The number of carbonyl (C=O) groups excluding carboxylic acids is 2. The van der Waals surface area contributed by atoms with Gasteiger partial charge in [0.2, 0.25) is 0 Å². The maximum atomic E-state index is 12.3. The molecule has 136 valence electrons. The lowest BCUT2D eigenvalue weighted by Crippen LogP contribution is -2.19. The Bertz CT molecular complexity index is 863. The van der Waals surface area contributed by atoms with Crippen LogP contribution < -0.4 is 0 Å². The van der Waals surface area contributed by atoms with Gasteiger partial charge in [-0.3, -0.25) is 4.79 Å². The minimum atomic E-state index is -0.983. The number of hydrogen-bond acceptors (Lipinski definition) is 7. The third kappa shape index (κ3) is 4.02. The quantitative estimate of drug-likeness (QED) is 0.697. The lowest BCUT2D eigenvalue weighted by molar-refractivity contribution is -0.122. The molecule has 0 bridgehead atoms. The Hall–Kier alpha value is -2.04. The number of Topliss-reactive ketones (excluding diaryl/α,β-unsaturated/α-hetero) is 1. The molecule has 7 heteroatoms. The molecular weight excluding hydrogens is 368 g/mol. The summed E-state index contributed by atoms with van der Waals surface area (Å²) >= 11 is 2.73. The van der Waals surface area contributed by atoms with E-state index in [0.29, 0.717) is 15.8 Å². The van der Waals surface area contributed by atoms with Crippen molar-refractivity contribution in [1.82, 2.24) is 4.98 Å². The fourth-order valence-electron chi connectivity index (χ4n) is 3.11. The van der Waals surface area contributed by atoms with Crippen LogP contribution in [0.3, 0.4) is 0 Å². The number of thiazole rings is 1. The van der Waals surface area contributed by atoms with Crippen LogP contribution in [0.1, 0.15) is 56.5 Å². The fourth-order valence-corrected chi connectivity index (χ4v) is 5.07. The van der Waals surface area contributed by atoms with Crippen molar-refractivity contribution in [3.63, 3.8) is 0 Å². The van der Waals surface area contributed by atoms with Crippen LogP contribution in [0.4, 0.5) is 0 Å². The van der Waals surface area contributed by atoms with E-state index in [1.807, 2.05) is 12.1 Å². The second kappa shape index (κ2) is 8.11. The number of nitrogens with zero attached hydrogens (tertiary/aromatic N) is 2. The average Bonchev–Trinajstić information content (AvgIpc) is 3.25. The highest BCUT2D eigenvalue weighted by Gasteiger charge is 2.26. The predicted molar refractivity (Wildman–Crippen MR) is 101 cm³/mol. The second-order valence-corrected chi connectivity index (χ2v) is 8.53. The van der Waals surface area contributed by atoms with Crippen molar-refractivity contribution >= 4 is 34.4 Å². The number of hydrogen-bond donors (Lipinski definition) is 0. The van der Waals surface area contributed by atoms with Crippen LogP contribution in [0.25, 0.3) is 0 Å². The van der Waals surface area contributed by atoms with Crippen LogP contribution in [0.15, 0.2) is 11.4 Å². The Morgan fingerprint density at radius 1 is 1.50 bits per heavy atom. The number of fused-ring (bicyclic) bond motifs is 1. The molecule has 2 atom stereocenters. The van der Waals surface area contributed by atoms with Crippen molar-refractivity contribution in [3.05, 3.63) is 37.5 Å². The molecule has 0 aromatic carbocycles. The molecule has 3 rings (SSSR count). The van der Waals surface area contributed by atoms with Gasteiger partial charge in [0, 0.05) is 16.0 Å².